The summed E-state index contributed by atoms with van der Waals surface area (Å²) < 4.78 is 6.33. The zero-order valence-electron chi connectivity index (χ0n) is 9.06. The largest absolute Gasteiger partial charge is 0.495 e. The first-order chi connectivity index (χ1) is 8.33. The molecular formula is C14H10BrNO. The summed E-state index contributed by atoms with van der Waals surface area (Å²) in [6.45, 7) is 0.552. The van der Waals surface area contributed by atoms with Crippen LogP contribution in [-0.2, 0) is 11.3 Å². The summed E-state index contributed by atoms with van der Waals surface area (Å²) in [5, 5.41) is 0. The van der Waals surface area contributed by atoms with Gasteiger partial charge in [0.1, 0.15) is 6.61 Å². The molecule has 0 N–H and O–H groups in total. The molecule has 1 aromatic heterocycles. The van der Waals surface area contributed by atoms with Crippen molar-refractivity contribution in [2.45, 2.75) is 6.61 Å². The molecule has 3 heteroatoms. The second-order valence-corrected chi connectivity index (χ2v) is 4.77. The predicted molar refractivity (Wildman–Crippen MR) is 71.2 cm³/mol. The molecule has 2 aromatic rings. The van der Waals surface area contributed by atoms with E-state index in [0.29, 0.717) is 6.61 Å². The Bertz CT molecular complexity index is 575. The van der Waals surface area contributed by atoms with Crippen molar-refractivity contribution in [3.05, 3.63) is 58.4 Å². The van der Waals surface area contributed by atoms with E-state index in [-0.39, 0.29) is 0 Å². The molecule has 2 heterocycles. The first-order valence-electron chi connectivity index (χ1n) is 5.37. The number of ether oxygens (including phenoxy) is 1. The number of halogens is 1. The van der Waals surface area contributed by atoms with E-state index in [1.165, 1.54) is 0 Å². The number of nitrogens with zero attached hydrogens (tertiary/aromatic N) is 1. The van der Waals surface area contributed by atoms with Gasteiger partial charge < -0.3 is 4.74 Å². The first kappa shape index (κ1) is 10.5. The zero-order chi connectivity index (χ0) is 11.7. The van der Waals surface area contributed by atoms with Crippen LogP contribution in [0.25, 0.3) is 17.3 Å². The lowest BCUT2D eigenvalue weighted by Crippen LogP contribution is -2.00. The molecule has 0 saturated heterocycles. The monoisotopic (exact) mass is 287 g/mol. The molecule has 0 atom stereocenters. The highest BCUT2D eigenvalue weighted by molar-refractivity contribution is 9.10. The third-order valence-corrected chi connectivity index (χ3v) is 3.24. The SMILES string of the molecule is Brc1ccc(-c2ccc3c(n2)COC=C3)cc1. The van der Waals surface area contributed by atoms with Crippen LogP contribution in [0.15, 0.2) is 47.1 Å². The Morgan fingerprint density at radius 3 is 2.71 bits per heavy atom. The van der Waals surface area contributed by atoms with E-state index in [2.05, 4.69) is 39.1 Å². The molecule has 17 heavy (non-hydrogen) atoms. The van der Waals surface area contributed by atoms with Crippen LogP contribution in [0.5, 0.6) is 0 Å². The van der Waals surface area contributed by atoms with Crippen LogP contribution in [-0.4, -0.2) is 4.98 Å². The lowest BCUT2D eigenvalue weighted by atomic mass is 10.1. The summed E-state index contributed by atoms with van der Waals surface area (Å²) in [4.78, 5) is 4.62. The third-order valence-electron chi connectivity index (χ3n) is 2.71. The van der Waals surface area contributed by atoms with Crippen molar-refractivity contribution in [3.63, 3.8) is 0 Å². The molecule has 0 unspecified atom stereocenters. The highest BCUT2D eigenvalue weighted by Crippen LogP contribution is 2.23. The summed E-state index contributed by atoms with van der Waals surface area (Å²) in [5.41, 5.74) is 4.23. The fraction of sp³-hybridized carbons (Fsp3) is 0.0714. The lowest BCUT2D eigenvalue weighted by Gasteiger charge is -2.12. The quantitative estimate of drug-likeness (QED) is 0.791. The molecule has 0 saturated carbocycles. The van der Waals surface area contributed by atoms with Gasteiger partial charge in [0.25, 0.3) is 0 Å². The maximum absolute atomic E-state index is 5.26. The van der Waals surface area contributed by atoms with Crippen LogP contribution in [0.4, 0.5) is 0 Å². The van der Waals surface area contributed by atoms with Gasteiger partial charge in [0.2, 0.25) is 0 Å². The van der Waals surface area contributed by atoms with E-state index >= 15 is 0 Å². The van der Waals surface area contributed by atoms with E-state index in [4.69, 9.17) is 4.74 Å². The Labute approximate surface area is 108 Å². The number of benzene rings is 1. The Balaban J connectivity index is 2.04. The van der Waals surface area contributed by atoms with E-state index in [0.717, 1.165) is 27.0 Å². The highest BCUT2D eigenvalue weighted by Gasteiger charge is 2.08. The molecule has 0 spiro atoms. The minimum absolute atomic E-state index is 0.552. The Kier molecular flexibility index (Phi) is 2.69. The molecule has 84 valence electrons. The van der Waals surface area contributed by atoms with E-state index in [9.17, 15) is 0 Å². The number of hydrogen-bond acceptors (Lipinski definition) is 2. The number of rotatable bonds is 1. The fourth-order valence-electron chi connectivity index (χ4n) is 1.81. The Hall–Kier alpha value is -1.61. The number of fused-ring (bicyclic) bond motifs is 1. The summed E-state index contributed by atoms with van der Waals surface area (Å²) in [6.07, 6.45) is 3.65. The molecular weight excluding hydrogens is 278 g/mol. The van der Waals surface area contributed by atoms with E-state index in [1.54, 1.807) is 6.26 Å². The molecule has 0 aliphatic carbocycles. The lowest BCUT2D eigenvalue weighted by molar-refractivity contribution is 0.230. The predicted octanol–water partition coefficient (Wildman–Crippen LogP) is 4.01. The van der Waals surface area contributed by atoms with Gasteiger partial charge in [-0.05, 0) is 24.3 Å². The topological polar surface area (TPSA) is 22.1 Å². The van der Waals surface area contributed by atoms with Crippen LogP contribution >= 0.6 is 15.9 Å². The molecule has 1 aliphatic rings. The van der Waals surface area contributed by atoms with Gasteiger partial charge in [0.05, 0.1) is 17.6 Å². The first-order valence-corrected chi connectivity index (χ1v) is 6.16. The summed E-state index contributed by atoms with van der Waals surface area (Å²) in [7, 11) is 0. The number of aromatic nitrogens is 1. The van der Waals surface area contributed by atoms with Crippen LogP contribution in [0.2, 0.25) is 0 Å². The van der Waals surface area contributed by atoms with Crippen molar-refractivity contribution in [1.29, 1.82) is 0 Å². The maximum Gasteiger partial charge on any atom is 0.130 e. The van der Waals surface area contributed by atoms with Gasteiger partial charge in [-0.2, -0.15) is 0 Å². The standard InChI is InChI=1S/C14H10BrNO/c15-12-4-1-10(2-5-12)13-6-3-11-7-8-17-9-14(11)16-13/h1-8H,9H2. The Morgan fingerprint density at radius 1 is 1.06 bits per heavy atom. The third kappa shape index (κ3) is 2.11. The van der Waals surface area contributed by atoms with Crippen molar-refractivity contribution in [2.75, 3.05) is 0 Å². The molecule has 0 fully saturated rings. The van der Waals surface area contributed by atoms with Crippen molar-refractivity contribution < 1.29 is 4.74 Å². The molecule has 0 bridgehead atoms. The second-order valence-electron chi connectivity index (χ2n) is 3.85. The normalized spacial score (nSPS) is 13.0. The minimum Gasteiger partial charge on any atom is -0.495 e. The van der Waals surface area contributed by atoms with Gasteiger partial charge in [-0.15, -0.1) is 0 Å². The Morgan fingerprint density at radius 2 is 1.88 bits per heavy atom. The minimum atomic E-state index is 0.552. The molecule has 1 aromatic carbocycles. The number of hydrogen-bond donors (Lipinski definition) is 0. The van der Waals surface area contributed by atoms with Gasteiger partial charge in [-0.25, -0.2) is 4.98 Å². The van der Waals surface area contributed by atoms with Gasteiger partial charge in [0, 0.05) is 15.6 Å². The van der Waals surface area contributed by atoms with Crippen LogP contribution in [0.1, 0.15) is 11.3 Å². The van der Waals surface area contributed by atoms with Crippen molar-refractivity contribution in [1.82, 2.24) is 4.98 Å². The summed E-state index contributed by atoms with van der Waals surface area (Å²) in [6, 6.07) is 12.3. The average Bonchev–Trinajstić information content (AvgIpc) is 2.39. The zero-order valence-corrected chi connectivity index (χ0v) is 10.6. The van der Waals surface area contributed by atoms with Crippen molar-refractivity contribution in [2.24, 2.45) is 0 Å². The molecule has 2 nitrogen and oxygen atoms in total. The van der Waals surface area contributed by atoms with E-state index in [1.807, 2.05) is 24.3 Å². The average molecular weight is 288 g/mol. The molecule has 1 aliphatic heterocycles. The fourth-order valence-corrected chi connectivity index (χ4v) is 2.07. The second kappa shape index (κ2) is 4.34. The van der Waals surface area contributed by atoms with Gasteiger partial charge in [-0.1, -0.05) is 34.1 Å². The van der Waals surface area contributed by atoms with Crippen LogP contribution in [0, 0.1) is 0 Å². The molecule has 0 radical (unpaired) electrons. The molecule has 3 rings (SSSR count). The smallest absolute Gasteiger partial charge is 0.130 e. The molecule has 0 amide bonds. The van der Waals surface area contributed by atoms with Gasteiger partial charge >= 0.3 is 0 Å². The van der Waals surface area contributed by atoms with Crippen molar-refractivity contribution >= 4 is 22.0 Å². The summed E-state index contributed by atoms with van der Waals surface area (Å²) in [5.74, 6) is 0. The van der Waals surface area contributed by atoms with E-state index < -0.39 is 0 Å². The van der Waals surface area contributed by atoms with Gasteiger partial charge in [-0.3, -0.25) is 0 Å². The van der Waals surface area contributed by atoms with Crippen molar-refractivity contribution in [3.8, 4) is 11.3 Å². The highest BCUT2D eigenvalue weighted by atomic mass is 79.9. The van der Waals surface area contributed by atoms with Gasteiger partial charge in [0.15, 0.2) is 0 Å². The van der Waals surface area contributed by atoms with Crippen LogP contribution < -0.4 is 0 Å². The number of pyridine rings is 1. The summed E-state index contributed by atoms with van der Waals surface area (Å²) >= 11 is 3.43. The van der Waals surface area contributed by atoms with Crippen LogP contribution in [0.3, 0.4) is 0 Å². The maximum atomic E-state index is 5.26.